The molecular weight excluding hydrogens is 294 g/mol. The van der Waals surface area contributed by atoms with Crippen molar-refractivity contribution in [2.24, 2.45) is 0 Å². The molecule has 0 radical (unpaired) electrons. The van der Waals surface area contributed by atoms with E-state index >= 15 is 0 Å². The summed E-state index contributed by atoms with van der Waals surface area (Å²) in [5.74, 6) is 0.933. The first-order valence-corrected chi connectivity index (χ1v) is 7.24. The molecule has 1 fully saturated rings. The lowest BCUT2D eigenvalue weighted by atomic mass is 10.2. The second-order valence-electron chi connectivity index (χ2n) is 4.59. The van der Waals surface area contributed by atoms with Crippen LogP contribution < -0.4 is 4.74 Å². The molecule has 100 valence electrons. The predicted molar refractivity (Wildman–Crippen MR) is 76.3 cm³/mol. The summed E-state index contributed by atoms with van der Waals surface area (Å²) >= 11 is 3.52. The number of benzene rings is 1. The van der Waals surface area contributed by atoms with Gasteiger partial charge in [-0.05, 0) is 47.0 Å². The highest BCUT2D eigenvalue weighted by Crippen LogP contribution is 2.25. The Morgan fingerprint density at radius 3 is 2.83 bits per heavy atom. The van der Waals surface area contributed by atoms with Gasteiger partial charge in [0, 0.05) is 19.6 Å². The lowest BCUT2D eigenvalue weighted by Crippen LogP contribution is -2.37. The van der Waals surface area contributed by atoms with Crippen molar-refractivity contribution >= 4 is 15.9 Å². The van der Waals surface area contributed by atoms with E-state index in [2.05, 4.69) is 39.9 Å². The van der Waals surface area contributed by atoms with Crippen LogP contribution in [-0.2, 0) is 4.74 Å². The standard InChI is InChI=1S/C14H20BrNO2/c1-12-3-4-14(13(15)11-12)18-8-2-5-16-6-9-17-10-7-16/h3-4,11H,2,5-10H2,1H3. The Hall–Kier alpha value is -0.580. The number of rotatable bonds is 5. The van der Waals surface area contributed by atoms with Gasteiger partial charge in [-0.15, -0.1) is 0 Å². The molecule has 1 aromatic rings. The van der Waals surface area contributed by atoms with E-state index in [1.807, 2.05) is 6.07 Å². The Bertz CT molecular complexity index is 378. The molecular formula is C14H20BrNO2. The van der Waals surface area contributed by atoms with E-state index in [1.54, 1.807) is 0 Å². The number of morpholine rings is 1. The van der Waals surface area contributed by atoms with Gasteiger partial charge in [0.15, 0.2) is 0 Å². The van der Waals surface area contributed by atoms with Crippen molar-refractivity contribution in [1.29, 1.82) is 0 Å². The first-order chi connectivity index (χ1) is 8.75. The highest BCUT2D eigenvalue weighted by atomic mass is 79.9. The highest BCUT2D eigenvalue weighted by molar-refractivity contribution is 9.10. The summed E-state index contributed by atoms with van der Waals surface area (Å²) in [6, 6.07) is 6.17. The third kappa shape index (κ3) is 4.26. The van der Waals surface area contributed by atoms with Gasteiger partial charge in [-0.3, -0.25) is 4.90 Å². The summed E-state index contributed by atoms with van der Waals surface area (Å²) < 4.78 is 12.1. The van der Waals surface area contributed by atoms with Crippen LogP contribution in [0.5, 0.6) is 5.75 Å². The summed E-state index contributed by atoms with van der Waals surface area (Å²) in [6.45, 7) is 7.76. The Labute approximate surface area is 117 Å². The first-order valence-electron chi connectivity index (χ1n) is 6.45. The summed E-state index contributed by atoms with van der Waals surface area (Å²) in [5.41, 5.74) is 1.24. The summed E-state index contributed by atoms with van der Waals surface area (Å²) in [5, 5.41) is 0. The molecule has 0 N–H and O–H groups in total. The van der Waals surface area contributed by atoms with E-state index in [0.717, 1.165) is 56.1 Å². The normalized spacial score (nSPS) is 16.8. The molecule has 0 amide bonds. The maximum atomic E-state index is 5.78. The largest absolute Gasteiger partial charge is 0.492 e. The van der Waals surface area contributed by atoms with Crippen LogP contribution in [0.3, 0.4) is 0 Å². The number of halogens is 1. The van der Waals surface area contributed by atoms with E-state index in [0.29, 0.717) is 0 Å². The molecule has 1 saturated heterocycles. The fourth-order valence-corrected chi connectivity index (χ4v) is 2.63. The van der Waals surface area contributed by atoms with E-state index in [4.69, 9.17) is 9.47 Å². The molecule has 3 nitrogen and oxygen atoms in total. The molecule has 1 heterocycles. The lowest BCUT2D eigenvalue weighted by Gasteiger charge is -2.26. The van der Waals surface area contributed by atoms with E-state index in [1.165, 1.54) is 5.56 Å². The third-order valence-corrected chi connectivity index (χ3v) is 3.69. The van der Waals surface area contributed by atoms with Gasteiger partial charge in [-0.1, -0.05) is 6.07 Å². The van der Waals surface area contributed by atoms with Crippen LogP contribution >= 0.6 is 15.9 Å². The topological polar surface area (TPSA) is 21.7 Å². The molecule has 0 saturated carbocycles. The zero-order chi connectivity index (χ0) is 12.8. The van der Waals surface area contributed by atoms with Crippen molar-refractivity contribution in [2.45, 2.75) is 13.3 Å². The van der Waals surface area contributed by atoms with Crippen molar-refractivity contribution in [3.8, 4) is 5.75 Å². The van der Waals surface area contributed by atoms with Crippen molar-refractivity contribution in [3.63, 3.8) is 0 Å². The molecule has 0 unspecified atom stereocenters. The number of hydrogen-bond acceptors (Lipinski definition) is 3. The lowest BCUT2D eigenvalue weighted by molar-refractivity contribution is 0.0358. The van der Waals surface area contributed by atoms with Crippen molar-refractivity contribution in [1.82, 2.24) is 4.90 Å². The molecule has 0 aromatic heterocycles. The van der Waals surface area contributed by atoms with Crippen LogP contribution in [0, 0.1) is 6.92 Å². The molecule has 1 aromatic carbocycles. The Balaban J connectivity index is 1.68. The van der Waals surface area contributed by atoms with Crippen LogP contribution in [0.2, 0.25) is 0 Å². The first kappa shape index (κ1) is 13.8. The zero-order valence-electron chi connectivity index (χ0n) is 10.8. The quantitative estimate of drug-likeness (QED) is 0.780. The van der Waals surface area contributed by atoms with Crippen molar-refractivity contribution in [3.05, 3.63) is 28.2 Å². The Morgan fingerprint density at radius 2 is 2.11 bits per heavy atom. The van der Waals surface area contributed by atoms with Crippen LogP contribution in [-0.4, -0.2) is 44.4 Å². The Kier molecular flexibility index (Phi) is 5.47. The third-order valence-electron chi connectivity index (χ3n) is 3.07. The second kappa shape index (κ2) is 7.12. The summed E-state index contributed by atoms with van der Waals surface area (Å²) in [7, 11) is 0. The summed E-state index contributed by atoms with van der Waals surface area (Å²) in [6.07, 6.45) is 1.06. The zero-order valence-corrected chi connectivity index (χ0v) is 12.4. The fourth-order valence-electron chi connectivity index (χ4n) is 2.02. The summed E-state index contributed by atoms with van der Waals surface area (Å²) in [4.78, 5) is 2.43. The van der Waals surface area contributed by atoms with Gasteiger partial charge in [0.1, 0.15) is 5.75 Å². The molecule has 1 aliphatic heterocycles. The minimum absolute atomic E-state index is 0.763. The molecule has 0 spiro atoms. The monoisotopic (exact) mass is 313 g/mol. The molecule has 0 bridgehead atoms. The second-order valence-corrected chi connectivity index (χ2v) is 5.44. The average Bonchev–Trinajstić information content (AvgIpc) is 2.38. The van der Waals surface area contributed by atoms with E-state index in [9.17, 15) is 0 Å². The molecule has 0 aliphatic carbocycles. The minimum atomic E-state index is 0.763. The van der Waals surface area contributed by atoms with Gasteiger partial charge in [-0.25, -0.2) is 0 Å². The minimum Gasteiger partial charge on any atom is -0.492 e. The highest BCUT2D eigenvalue weighted by Gasteiger charge is 2.09. The maximum Gasteiger partial charge on any atom is 0.133 e. The molecule has 0 atom stereocenters. The number of ether oxygens (including phenoxy) is 2. The smallest absolute Gasteiger partial charge is 0.133 e. The molecule has 1 aliphatic rings. The molecule has 4 heteroatoms. The van der Waals surface area contributed by atoms with Crippen LogP contribution in [0.15, 0.2) is 22.7 Å². The van der Waals surface area contributed by atoms with Crippen molar-refractivity contribution < 1.29 is 9.47 Å². The molecule has 18 heavy (non-hydrogen) atoms. The van der Waals surface area contributed by atoms with Crippen LogP contribution in [0.4, 0.5) is 0 Å². The van der Waals surface area contributed by atoms with Gasteiger partial charge >= 0.3 is 0 Å². The molecule has 2 rings (SSSR count). The van der Waals surface area contributed by atoms with E-state index < -0.39 is 0 Å². The average molecular weight is 314 g/mol. The predicted octanol–water partition coefficient (Wildman–Crippen LogP) is 2.86. The Morgan fingerprint density at radius 1 is 1.33 bits per heavy atom. The van der Waals surface area contributed by atoms with Crippen molar-refractivity contribution in [2.75, 3.05) is 39.5 Å². The number of hydrogen-bond donors (Lipinski definition) is 0. The van der Waals surface area contributed by atoms with Crippen LogP contribution in [0.1, 0.15) is 12.0 Å². The maximum absolute atomic E-state index is 5.78. The SMILES string of the molecule is Cc1ccc(OCCCN2CCOCC2)c(Br)c1. The van der Waals surface area contributed by atoms with Crippen LogP contribution in [0.25, 0.3) is 0 Å². The van der Waals surface area contributed by atoms with Gasteiger partial charge in [0.25, 0.3) is 0 Å². The number of nitrogens with zero attached hydrogens (tertiary/aromatic N) is 1. The number of aryl methyl sites for hydroxylation is 1. The van der Waals surface area contributed by atoms with Gasteiger partial charge in [0.05, 0.1) is 24.3 Å². The van der Waals surface area contributed by atoms with E-state index in [-0.39, 0.29) is 0 Å². The fraction of sp³-hybridized carbons (Fsp3) is 0.571. The van der Waals surface area contributed by atoms with Gasteiger partial charge in [0.2, 0.25) is 0 Å². The van der Waals surface area contributed by atoms with Gasteiger partial charge < -0.3 is 9.47 Å². The van der Waals surface area contributed by atoms with Gasteiger partial charge in [-0.2, -0.15) is 0 Å².